The van der Waals surface area contributed by atoms with E-state index >= 15 is 0 Å². The summed E-state index contributed by atoms with van der Waals surface area (Å²) in [5.74, 6) is 0.312. The van der Waals surface area contributed by atoms with Crippen LogP contribution in [-0.2, 0) is 6.42 Å². The Bertz CT molecular complexity index is 533. The van der Waals surface area contributed by atoms with Crippen LogP contribution in [0.4, 0.5) is 0 Å². The molecular weight excluding hydrogens is 290 g/mol. The van der Waals surface area contributed by atoms with Crippen LogP contribution in [0.15, 0.2) is 30.5 Å². The number of unbranched alkanes of at least 4 members (excludes halogenated alkanes) is 7. The van der Waals surface area contributed by atoms with Crippen molar-refractivity contribution in [2.24, 2.45) is 0 Å². The summed E-state index contributed by atoms with van der Waals surface area (Å²) in [5, 5.41) is 10.6. The van der Waals surface area contributed by atoms with Crippen molar-refractivity contribution in [2.75, 3.05) is 0 Å². The van der Waals surface area contributed by atoms with E-state index in [1.165, 1.54) is 61.3 Å². The number of aryl methyl sites for hydroxylation is 1. The molecule has 120 valence electrons. The highest BCUT2D eigenvalue weighted by Gasteiger charge is 2.04. The molecule has 0 aliphatic carbocycles. The van der Waals surface area contributed by atoms with Gasteiger partial charge in [-0.05, 0) is 42.7 Å². The number of phenolic OH excluding ortho intramolecular Hbond substituents is 1. The average molecular weight is 317 g/mol. The van der Waals surface area contributed by atoms with Crippen LogP contribution in [0.3, 0.4) is 0 Å². The van der Waals surface area contributed by atoms with E-state index < -0.39 is 0 Å². The van der Waals surface area contributed by atoms with E-state index in [9.17, 15) is 5.11 Å². The van der Waals surface area contributed by atoms with Gasteiger partial charge in [0.1, 0.15) is 5.75 Å². The lowest BCUT2D eigenvalue weighted by molar-refractivity contribution is 0.475. The van der Waals surface area contributed by atoms with E-state index in [0.29, 0.717) is 5.75 Å². The second-order valence-electron chi connectivity index (χ2n) is 5.89. The van der Waals surface area contributed by atoms with Gasteiger partial charge in [-0.3, -0.25) is 0 Å². The van der Waals surface area contributed by atoms with Crippen molar-refractivity contribution >= 4 is 11.3 Å². The molecule has 2 rings (SSSR count). The Kier molecular flexibility index (Phi) is 7.44. The van der Waals surface area contributed by atoms with Crippen molar-refractivity contribution in [3.05, 3.63) is 35.5 Å². The maximum atomic E-state index is 9.33. The Balaban J connectivity index is 1.66. The Hall–Kier alpha value is -1.35. The second kappa shape index (κ2) is 9.62. The number of hydrogen-bond donors (Lipinski definition) is 1. The summed E-state index contributed by atoms with van der Waals surface area (Å²) in [6, 6.07) is 7.35. The SMILES string of the molecule is CCCCCCCCCCc1ncc(-c2ccc(O)cc2)s1. The molecule has 1 N–H and O–H groups in total. The van der Waals surface area contributed by atoms with Gasteiger partial charge in [-0.15, -0.1) is 11.3 Å². The van der Waals surface area contributed by atoms with Gasteiger partial charge in [-0.1, -0.05) is 51.9 Å². The molecule has 3 heteroatoms. The normalized spacial score (nSPS) is 11.0. The molecule has 0 radical (unpaired) electrons. The van der Waals surface area contributed by atoms with E-state index in [0.717, 1.165) is 12.0 Å². The fraction of sp³-hybridized carbons (Fsp3) is 0.526. The summed E-state index contributed by atoms with van der Waals surface area (Å²) in [6.45, 7) is 2.26. The summed E-state index contributed by atoms with van der Waals surface area (Å²) < 4.78 is 0. The molecule has 1 aromatic carbocycles. The quantitative estimate of drug-likeness (QED) is 0.529. The van der Waals surface area contributed by atoms with E-state index in [4.69, 9.17) is 0 Å². The molecule has 0 fully saturated rings. The number of rotatable bonds is 10. The second-order valence-corrected chi connectivity index (χ2v) is 7.01. The molecule has 0 aliphatic heterocycles. The third-order valence-corrected chi connectivity index (χ3v) is 5.06. The van der Waals surface area contributed by atoms with Crippen molar-refractivity contribution in [1.29, 1.82) is 0 Å². The first kappa shape index (κ1) is 17.0. The Morgan fingerprint density at radius 3 is 2.23 bits per heavy atom. The zero-order valence-electron chi connectivity index (χ0n) is 13.6. The minimum absolute atomic E-state index is 0.312. The summed E-state index contributed by atoms with van der Waals surface area (Å²) in [4.78, 5) is 5.72. The van der Waals surface area contributed by atoms with Crippen molar-refractivity contribution in [1.82, 2.24) is 4.98 Å². The fourth-order valence-corrected chi connectivity index (χ4v) is 3.56. The Morgan fingerprint density at radius 2 is 1.55 bits per heavy atom. The Morgan fingerprint density at radius 1 is 0.909 bits per heavy atom. The molecule has 0 saturated heterocycles. The van der Waals surface area contributed by atoms with Crippen LogP contribution >= 0.6 is 11.3 Å². The summed E-state index contributed by atoms with van der Waals surface area (Å²) in [7, 11) is 0. The van der Waals surface area contributed by atoms with Gasteiger partial charge < -0.3 is 5.11 Å². The monoisotopic (exact) mass is 317 g/mol. The molecular formula is C19H27NOS. The zero-order chi connectivity index (χ0) is 15.6. The maximum absolute atomic E-state index is 9.33. The van der Waals surface area contributed by atoms with Crippen LogP contribution in [0.2, 0.25) is 0 Å². The third-order valence-electron chi connectivity index (χ3n) is 3.95. The van der Waals surface area contributed by atoms with Crippen molar-refractivity contribution in [3.63, 3.8) is 0 Å². The first-order chi connectivity index (χ1) is 10.8. The van der Waals surface area contributed by atoms with Crippen molar-refractivity contribution in [3.8, 4) is 16.2 Å². The largest absolute Gasteiger partial charge is 0.508 e. The van der Waals surface area contributed by atoms with E-state index in [1.807, 2.05) is 18.3 Å². The zero-order valence-corrected chi connectivity index (χ0v) is 14.4. The number of phenols is 1. The molecule has 0 unspecified atom stereocenters. The first-order valence-electron chi connectivity index (χ1n) is 8.53. The van der Waals surface area contributed by atoms with Gasteiger partial charge in [0.15, 0.2) is 0 Å². The Labute approximate surface area is 138 Å². The van der Waals surface area contributed by atoms with Gasteiger partial charge in [0.2, 0.25) is 0 Å². The number of aromatic nitrogens is 1. The first-order valence-corrected chi connectivity index (χ1v) is 9.35. The molecule has 0 saturated carbocycles. The summed E-state index contributed by atoms with van der Waals surface area (Å²) in [5.41, 5.74) is 1.14. The number of hydrogen-bond acceptors (Lipinski definition) is 3. The molecule has 1 heterocycles. The lowest BCUT2D eigenvalue weighted by Crippen LogP contribution is -1.85. The highest BCUT2D eigenvalue weighted by atomic mass is 32.1. The van der Waals surface area contributed by atoms with Crippen molar-refractivity contribution in [2.45, 2.75) is 64.7 Å². The number of aromatic hydroxyl groups is 1. The molecule has 1 aromatic heterocycles. The lowest BCUT2D eigenvalue weighted by Gasteiger charge is -2.00. The van der Waals surface area contributed by atoms with Crippen LogP contribution in [0, 0.1) is 0 Å². The van der Waals surface area contributed by atoms with Gasteiger partial charge in [0.05, 0.1) is 9.88 Å². The molecule has 0 atom stereocenters. The summed E-state index contributed by atoms with van der Waals surface area (Å²) >= 11 is 1.77. The average Bonchev–Trinajstić information content (AvgIpc) is 2.99. The molecule has 0 spiro atoms. The van der Waals surface area contributed by atoms with E-state index in [2.05, 4.69) is 11.9 Å². The highest BCUT2D eigenvalue weighted by Crippen LogP contribution is 2.28. The molecule has 0 bridgehead atoms. The minimum Gasteiger partial charge on any atom is -0.508 e. The van der Waals surface area contributed by atoms with Gasteiger partial charge in [0.25, 0.3) is 0 Å². The topological polar surface area (TPSA) is 33.1 Å². The smallest absolute Gasteiger partial charge is 0.115 e. The number of benzene rings is 1. The van der Waals surface area contributed by atoms with Gasteiger partial charge >= 0.3 is 0 Å². The van der Waals surface area contributed by atoms with Crippen LogP contribution in [0.25, 0.3) is 10.4 Å². The van der Waals surface area contributed by atoms with Gasteiger partial charge in [0, 0.05) is 6.20 Å². The van der Waals surface area contributed by atoms with Crippen LogP contribution < -0.4 is 0 Å². The third kappa shape index (κ3) is 5.80. The van der Waals surface area contributed by atoms with Crippen LogP contribution in [-0.4, -0.2) is 10.1 Å². The maximum Gasteiger partial charge on any atom is 0.115 e. The number of nitrogens with zero attached hydrogens (tertiary/aromatic N) is 1. The highest BCUT2D eigenvalue weighted by molar-refractivity contribution is 7.15. The van der Waals surface area contributed by atoms with Crippen LogP contribution in [0.1, 0.15) is 63.3 Å². The molecule has 2 nitrogen and oxygen atoms in total. The van der Waals surface area contributed by atoms with Gasteiger partial charge in [-0.2, -0.15) is 0 Å². The van der Waals surface area contributed by atoms with Crippen molar-refractivity contribution < 1.29 is 5.11 Å². The molecule has 0 aliphatic rings. The predicted octanol–water partition coefficient (Wildman–Crippen LogP) is 6.20. The molecule has 2 aromatic rings. The minimum atomic E-state index is 0.312. The van der Waals surface area contributed by atoms with Crippen LogP contribution in [0.5, 0.6) is 5.75 Å². The van der Waals surface area contributed by atoms with Gasteiger partial charge in [-0.25, -0.2) is 4.98 Å². The fourth-order valence-electron chi connectivity index (χ4n) is 2.60. The molecule has 0 amide bonds. The summed E-state index contributed by atoms with van der Waals surface area (Å²) in [6.07, 6.45) is 13.9. The lowest BCUT2D eigenvalue weighted by atomic mass is 10.1. The van der Waals surface area contributed by atoms with E-state index in [-0.39, 0.29) is 0 Å². The predicted molar refractivity (Wildman–Crippen MR) is 95.5 cm³/mol. The standard InChI is InChI=1S/C19H27NOS/c1-2-3-4-5-6-7-8-9-10-19-20-15-18(22-19)16-11-13-17(21)14-12-16/h11-15,21H,2-10H2,1H3. The van der Waals surface area contributed by atoms with E-state index in [1.54, 1.807) is 23.5 Å². The molecule has 22 heavy (non-hydrogen) atoms. The number of thiazole rings is 1.